The van der Waals surface area contributed by atoms with Crippen LogP contribution < -0.4 is 5.32 Å². The Morgan fingerprint density at radius 3 is 2.52 bits per heavy atom. The maximum absolute atomic E-state index is 9.59. The summed E-state index contributed by atoms with van der Waals surface area (Å²) in [6, 6.07) is 19.5. The molecule has 2 aromatic rings. The van der Waals surface area contributed by atoms with E-state index in [0.29, 0.717) is 6.04 Å². The van der Waals surface area contributed by atoms with E-state index in [1.165, 1.54) is 14.8 Å². The zero-order valence-electron chi connectivity index (χ0n) is 11.9. The van der Waals surface area contributed by atoms with Crippen molar-refractivity contribution in [1.29, 1.82) is 5.26 Å². The third kappa shape index (κ3) is 2.77. The molecule has 2 aromatic carbocycles. The predicted octanol–water partition coefficient (Wildman–Crippen LogP) is 4.64. The average molecular weight is 388 g/mol. The van der Waals surface area contributed by atoms with Crippen LogP contribution in [0.5, 0.6) is 0 Å². The quantitative estimate of drug-likeness (QED) is 0.778. The molecule has 0 aromatic heterocycles. The monoisotopic (exact) mass is 388 g/mol. The number of nitriles is 1. The van der Waals surface area contributed by atoms with E-state index in [4.69, 9.17) is 0 Å². The number of hydrogen-bond donors (Lipinski definition) is 1. The number of benzene rings is 2. The highest BCUT2D eigenvalue weighted by Gasteiger charge is 2.46. The van der Waals surface area contributed by atoms with Gasteiger partial charge in [-0.2, -0.15) is 5.26 Å². The maximum Gasteiger partial charge on any atom is 0.0861 e. The summed E-state index contributed by atoms with van der Waals surface area (Å²) in [5.74, 6) is 0. The molecule has 0 aliphatic heterocycles. The Labute approximate surface area is 139 Å². The van der Waals surface area contributed by atoms with Crippen molar-refractivity contribution in [3.05, 3.63) is 63.2 Å². The van der Waals surface area contributed by atoms with E-state index < -0.39 is 0 Å². The molecule has 3 heteroatoms. The van der Waals surface area contributed by atoms with Gasteiger partial charge in [-0.25, -0.2) is 0 Å². The first-order chi connectivity index (χ1) is 10.1. The fraction of sp³-hybridized carbons (Fsp3) is 0.278. The van der Waals surface area contributed by atoms with Crippen LogP contribution >= 0.6 is 22.6 Å². The van der Waals surface area contributed by atoms with Gasteiger partial charge in [0.15, 0.2) is 0 Å². The molecule has 0 heterocycles. The molecule has 0 unspecified atom stereocenters. The first-order valence-corrected chi connectivity index (χ1v) is 8.20. The van der Waals surface area contributed by atoms with Crippen molar-refractivity contribution in [2.24, 2.45) is 0 Å². The van der Waals surface area contributed by atoms with E-state index in [1.807, 2.05) is 18.2 Å². The Kier molecular flexibility index (Phi) is 3.90. The number of hydrogen-bond acceptors (Lipinski definition) is 2. The lowest BCUT2D eigenvalue weighted by atomic mass is 9.62. The van der Waals surface area contributed by atoms with Crippen molar-refractivity contribution in [3.63, 3.8) is 0 Å². The van der Waals surface area contributed by atoms with Gasteiger partial charge in [0, 0.05) is 15.3 Å². The SMILES string of the molecule is Cc1cc(I)ccc1NC1CC(C#N)(c2ccccc2)C1. The van der Waals surface area contributed by atoms with Gasteiger partial charge in [-0.15, -0.1) is 0 Å². The van der Waals surface area contributed by atoms with Crippen LogP contribution in [0, 0.1) is 21.8 Å². The zero-order chi connectivity index (χ0) is 14.9. The Morgan fingerprint density at radius 1 is 1.19 bits per heavy atom. The molecule has 0 bridgehead atoms. The topological polar surface area (TPSA) is 35.8 Å². The second-order valence-corrected chi connectivity index (χ2v) is 7.01. The van der Waals surface area contributed by atoms with E-state index in [9.17, 15) is 5.26 Å². The maximum atomic E-state index is 9.59. The van der Waals surface area contributed by atoms with Crippen LogP contribution in [0.1, 0.15) is 24.0 Å². The Morgan fingerprint density at radius 2 is 1.90 bits per heavy atom. The van der Waals surface area contributed by atoms with Gasteiger partial charge in [0.05, 0.1) is 11.5 Å². The van der Waals surface area contributed by atoms with Crippen molar-refractivity contribution in [2.45, 2.75) is 31.2 Å². The van der Waals surface area contributed by atoms with Crippen molar-refractivity contribution >= 4 is 28.3 Å². The lowest BCUT2D eigenvalue weighted by Crippen LogP contribution is -2.47. The Bertz CT molecular complexity index is 682. The molecule has 1 aliphatic carbocycles. The zero-order valence-corrected chi connectivity index (χ0v) is 14.1. The number of anilines is 1. The molecule has 1 N–H and O–H groups in total. The minimum Gasteiger partial charge on any atom is -0.382 e. The van der Waals surface area contributed by atoms with Crippen molar-refractivity contribution < 1.29 is 0 Å². The van der Waals surface area contributed by atoms with E-state index in [-0.39, 0.29) is 5.41 Å². The van der Waals surface area contributed by atoms with E-state index in [2.05, 4.69) is 71.2 Å². The minimum absolute atomic E-state index is 0.309. The molecule has 0 atom stereocenters. The van der Waals surface area contributed by atoms with Gasteiger partial charge in [-0.1, -0.05) is 30.3 Å². The molecular weight excluding hydrogens is 371 g/mol. The number of aryl methyl sites for hydroxylation is 1. The largest absolute Gasteiger partial charge is 0.382 e. The summed E-state index contributed by atoms with van der Waals surface area (Å²) in [4.78, 5) is 0. The first kappa shape index (κ1) is 14.4. The highest BCUT2D eigenvalue weighted by molar-refractivity contribution is 14.1. The predicted molar refractivity (Wildman–Crippen MR) is 94.3 cm³/mol. The van der Waals surface area contributed by atoms with Crippen LogP contribution in [0.2, 0.25) is 0 Å². The first-order valence-electron chi connectivity index (χ1n) is 7.12. The lowest BCUT2D eigenvalue weighted by molar-refractivity contribution is 0.289. The van der Waals surface area contributed by atoms with Crippen LogP contribution in [0.15, 0.2) is 48.5 Å². The van der Waals surface area contributed by atoms with Gasteiger partial charge in [-0.3, -0.25) is 0 Å². The van der Waals surface area contributed by atoms with E-state index >= 15 is 0 Å². The number of nitrogens with one attached hydrogen (secondary N) is 1. The molecule has 21 heavy (non-hydrogen) atoms. The molecule has 1 aliphatic rings. The van der Waals surface area contributed by atoms with Crippen molar-refractivity contribution in [2.75, 3.05) is 5.32 Å². The highest BCUT2D eigenvalue weighted by Crippen LogP contribution is 2.44. The van der Waals surface area contributed by atoms with Crippen LogP contribution in [0.3, 0.4) is 0 Å². The molecule has 0 saturated heterocycles. The van der Waals surface area contributed by atoms with Gasteiger partial charge in [0.1, 0.15) is 0 Å². The summed E-state index contributed by atoms with van der Waals surface area (Å²) in [7, 11) is 0. The summed E-state index contributed by atoms with van der Waals surface area (Å²) >= 11 is 2.33. The molecule has 106 valence electrons. The van der Waals surface area contributed by atoms with Gasteiger partial charge in [0.25, 0.3) is 0 Å². The molecular formula is C18H17IN2. The van der Waals surface area contributed by atoms with E-state index in [1.54, 1.807) is 0 Å². The standard InChI is InChI=1S/C18H17IN2/c1-13-9-15(19)7-8-17(13)21-16-10-18(11-16,12-20)14-5-3-2-4-6-14/h2-9,16,21H,10-11H2,1H3. The van der Waals surface area contributed by atoms with Crippen molar-refractivity contribution in [3.8, 4) is 6.07 Å². The van der Waals surface area contributed by atoms with E-state index in [0.717, 1.165) is 18.4 Å². The number of halogens is 1. The van der Waals surface area contributed by atoms with Gasteiger partial charge >= 0.3 is 0 Å². The minimum atomic E-state index is -0.309. The van der Waals surface area contributed by atoms with Gasteiger partial charge in [-0.05, 0) is 71.7 Å². The van der Waals surface area contributed by atoms with Gasteiger partial charge < -0.3 is 5.32 Å². The summed E-state index contributed by atoms with van der Waals surface area (Å²) in [6.45, 7) is 2.12. The lowest BCUT2D eigenvalue weighted by Gasteiger charge is -2.44. The van der Waals surface area contributed by atoms with Gasteiger partial charge in [0.2, 0.25) is 0 Å². The molecule has 0 amide bonds. The van der Waals surface area contributed by atoms with Crippen LogP contribution in [-0.2, 0) is 5.41 Å². The fourth-order valence-corrected chi connectivity index (χ4v) is 3.69. The third-order valence-corrected chi connectivity index (χ3v) is 4.95. The summed E-state index contributed by atoms with van der Waals surface area (Å²) in [5, 5.41) is 13.2. The average Bonchev–Trinajstić information content (AvgIpc) is 2.45. The third-order valence-electron chi connectivity index (χ3n) is 4.28. The molecule has 1 fully saturated rings. The molecule has 0 spiro atoms. The van der Waals surface area contributed by atoms with Crippen molar-refractivity contribution in [1.82, 2.24) is 0 Å². The second-order valence-electron chi connectivity index (χ2n) is 5.77. The highest BCUT2D eigenvalue weighted by atomic mass is 127. The molecule has 1 saturated carbocycles. The fourth-order valence-electron chi connectivity index (χ4n) is 3.04. The Balaban J connectivity index is 1.71. The van der Waals surface area contributed by atoms with Crippen LogP contribution in [-0.4, -0.2) is 6.04 Å². The summed E-state index contributed by atoms with van der Waals surface area (Å²) in [5.41, 5.74) is 3.27. The Hall–Kier alpha value is -1.54. The normalized spacial score (nSPS) is 24.0. The molecule has 2 nitrogen and oxygen atoms in total. The second kappa shape index (κ2) is 5.69. The van der Waals surface area contributed by atoms with Crippen LogP contribution in [0.25, 0.3) is 0 Å². The number of rotatable bonds is 3. The summed E-state index contributed by atoms with van der Waals surface area (Å²) < 4.78 is 1.25. The molecule has 0 radical (unpaired) electrons. The summed E-state index contributed by atoms with van der Waals surface area (Å²) in [6.07, 6.45) is 1.75. The molecule has 3 rings (SSSR count). The number of nitrogens with zero attached hydrogens (tertiary/aromatic N) is 1. The smallest absolute Gasteiger partial charge is 0.0861 e. The van der Waals surface area contributed by atoms with Crippen LogP contribution in [0.4, 0.5) is 5.69 Å².